The SMILES string of the molecule is CC1(C)CCC(N(CC(=O)c2c(Cl)cncc2Cl)C(=O)C(C=N)C(=NC2CCC(C)(C(=O)O)CC2)C(F)(F)F)CO1. The highest BCUT2D eigenvalue weighted by Crippen LogP contribution is 2.38. The van der Waals surface area contributed by atoms with E-state index in [2.05, 4.69) is 9.98 Å². The van der Waals surface area contributed by atoms with Crippen LogP contribution in [0.15, 0.2) is 17.4 Å². The zero-order valence-corrected chi connectivity index (χ0v) is 24.4. The maximum atomic E-state index is 14.4. The summed E-state index contributed by atoms with van der Waals surface area (Å²) in [5.74, 6) is -5.01. The van der Waals surface area contributed by atoms with E-state index in [1.54, 1.807) is 0 Å². The number of aromatic nitrogens is 1. The Hall–Kier alpha value is -2.57. The van der Waals surface area contributed by atoms with E-state index < -0.39 is 65.1 Å². The van der Waals surface area contributed by atoms with Gasteiger partial charge in [0.25, 0.3) is 0 Å². The highest BCUT2D eigenvalue weighted by Gasteiger charge is 2.47. The molecule has 2 N–H and O–H groups in total. The summed E-state index contributed by atoms with van der Waals surface area (Å²) in [5, 5.41) is 17.1. The molecule has 3 rings (SSSR count). The average molecular weight is 621 g/mol. The Morgan fingerprint density at radius 1 is 1.17 bits per heavy atom. The number of pyridine rings is 1. The Balaban J connectivity index is 1.96. The summed E-state index contributed by atoms with van der Waals surface area (Å²) in [6.45, 7) is 4.51. The van der Waals surface area contributed by atoms with Gasteiger partial charge < -0.3 is 20.2 Å². The summed E-state index contributed by atoms with van der Waals surface area (Å²) in [6, 6.07) is -1.64. The number of nitrogens with one attached hydrogen (secondary N) is 1. The Morgan fingerprint density at radius 2 is 1.76 bits per heavy atom. The zero-order chi connectivity index (χ0) is 30.8. The summed E-state index contributed by atoms with van der Waals surface area (Å²) < 4.78 is 48.9. The molecule has 0 bridgehead atoms. The number of nitrogens with zero attached hydrogens (tertiary/aromatic N) is 3. The second-order valence-corrected chi connectivity index (χ2v) is 12.2. The summed E-state index contributed by atoms with van der Waals surface area (Å²) in [4.78, 5) is 47.3. The third-order valence-electron chi connectivity index (χ3n) is 7.83. The number of amides is 1. The number of hydrogen-bond donors (Lipinski definition) is 2. The number of hydrogen-bond acceptors (Lipinski definition) is 7. The monoisotopic (exact) mass is 620 g/mol. The molecule has 1 aliphatic carbocycles. The number of Topliss-reactive ketones (excluding diaryl/α,β-unsaturated/α-hetero) is 1. The van der Waals surface area contributed by atoms with E-state index in [1.807, 2.05) is 13.8 Å². The lowest BCUT2D eigenvalue weighted by Crippen LogP contribution is -2.54. The van der Waals surface area contributed by atoms with E-state index in [0.29, 0.717) is 19.1 Å². The lowest BCUT2D eigenvalue weighted by molar-refractivity contribution is -0.149. The van der Waals surface area contributed by atoms with Crippen molar-refractivity contribution in [3.63, 3.8) is 0 Å². The van der Waals surface area contributed by atoms with Gasteiger partial charge in [-0.05, 0) is 59.3 Å². The summed E-state index contributed by atoms with van der Waals surface area (Å²) in [6.07, 6.45) is -1.12. The highest BCUT2D eigenvalue weighted by atomic mass is 35.5. The smallest absolute Gasteiger partial charge is 0.430 e. The van der Waals surface area contributed by atoms with Crippen molar-refractivity contribution in [2.75, 3.05) is 13.2 Å². The molecule has 1 amide bonds. The van der Waals surface area contributed by atoms with Gasteiger partial charge in [-0.15, -0.1) is 0 Å². The molecule has 1 aromatic rings. The van der Waals surface area contributed by atoms with Gasteiger partial charge in [-0.1, -0.05) is 23.2 Å². The van der Waals surface area contributed by atoms with Gasteiger partial charge in [0, 0.05) is 18.6 Å². The van der Waals surface area contributed by atoms with Crippen molar-refractivity contribution in [3.8, 4) is 0 Å². The topological polar surface area (TPSA) is 133 Å². The molecule has 0 radical (unpaired) electrons. The summed E-state index contributed by atoms with van der Waals surface area (Å²) in [5.41, 5.74) is -3.19. The molecule has 0 aromatic carbocycles. The van der Waals surface area contributed by atoms with Crippen molar-refractivity contribution >= 4 is 52.8 Å². The van der Waals surface area contributed by atoms with E-state index in [9.17, 15) is 32.7 Å². The van der Waals surface area contributed by atoms with E-state index in [4.69, 9.17) is 33.3 Å². The van der Waals surface area contributed by atoms with Gasteiger partial charge in [0.15, 0.2) is 5.78 Å². The minimum absolute atomic E-state index is 0.0383. The van der Waals surface area contributed by atoms with Gasteiger partial charge in [-0.25, -0.2) is 0 Å². The average Bonchev–Trinajstić information content (AvgIpc) is 2.87. The summed E-state index contributed by atoms with van der Waals surface area (Å²) >= 11 is 12.2. The van der Waals surface area contributed by atoms with Gasteiger partial charge in [-0.2, -0.15) is 13.2 Å². The van der Waals surface area contributed by atoms with Crippen molar-refractivity contribution in [3.05, 3.63) is 28.0 Å². The zero-order valence-electron chi connectivity index (χ0n) is 22.9. The van der Waals surface area contributed by atoms with E-state index in [0.717, 1.165) is 4.90 Å². The van der Waals surface area contributed by atoms with Gasteiger partial charge in [-0.3, -0.25) is 24.4 Å². The number of ether oxygens (including phenoxy) is 1. The molecule has 2 aliphatic rings. The first kappa shape index (κ1) is 32.9. The van der Waals surface area contributed by atoms with Crippen molar-refractivity contribution in [1.82, 2.24) is 9.88 Å². The molecule has 2 unspecified atom stereocenters. The number of aliphatic imine (C=N–C) groups is 1. The second kappa shape index (κ2) is 12.7. The molecule has 41 heavy (non-hydrogen) atoms. The minimum Gasteiger partial charge on any atom is -0.481 e. The van der Waals surface area contributed by atoms with Crippen LogP contribution in [0.5, 0.6) is 0 Å². The van der Waals surface area contributed by atoms with Crippen molar-refractivity contribution in [2.24, 2.45) is 16.3 Å². The lowest BCUT2D eigenvalue weighted by atomic mass is 9.74. The maximum Gasteiger partial charge on any atom is 0.430 e. The third kappa shape index (κ3) is 7.84. The lowest BCUT2D eigenvalue weighted by Gasteiger charge is -2.41. The molecule has 2 fully saturated rings. The van der Waals surface area contributed by atoms with Crippen LogP contribution in [-0.2, 0) is 14.3 Å². The van der Waals surface area contributed by atoms with Crippen molar-refractivity contribution < 1.29 is 37.4 Å². The van der Waals surface area contributed by atoms with E-state index in [-0.39, 0.29) is 47.9 Å². The Kier molecular flexibility index (Phi) is 10.2. The Morgan fingerprint density at radius 3 is 2.22 bits per heavy atom. The van der Waals surface area contributed by atoms with Crippen molar-refractivity contribution in [1.29, 1.82) is 5.41 Å². The van der Waals surface area contributed by atoms with Gasteiger partial charge >= 0.3 is 12.1 Å². The number of carboxylic acid groups (broad SMARTS) is 1. The maximum absolute atomic E-state index is 14.4. The fourth-order valence-corrected chi connectivity index (χ4v) is 5.67. The molecule has 2 heterocycles. The molecule has 1 saturated carbocycles. The first-order valence-electron chi connectivity index (χ1n) is 13.1. The molecule has 1 saturated heterocycles. The van der Waals surface area contributed by atoms with E-state index in [1.165, 1.54) is 19.3 Å². The first-order valence-corrected chi connectivity index (χ1v) is 13.9. The van der Waals surface area contributed by atoms with Crippen LogP contribution in [0.4, 0.5) is 13.2 Å². The van der Waals surface area contributed by atoms with Crippen LogP contribution in [-0.4, -0.2) is 81.6 Å². The fraction of sp³-hybridized carbons (Fsp3) is 0.630. The standard InChI is InChI=1S/C27H33Cl2F3N4O5/c1-25(2)7-6-16(14-41-25)36(13-20(37)21-18(28)11-34-12-19(21)29)23(38)17(10-33)22(27(30,31)32)35-15-4-8-26(3,9-5-15)24(39)40/h10-12,15-17,33H,4-9,13-14H2,1-3H3,(H,39,40). The first-order chi connectivity index (χ1) is 19.0. The number of carbonyl (C=O) groups excluding carboxylic acids is 2. The van der Waals surface area contributed by atoms with Crippen LogP contribution in [0, 0.1) is 16.7 Å². The molecular formula is C27H33Cl2F3N4O5. The molecule has 2 atom stereocenters. The normalized spacial score (nSPS) is 25.7. The second-order valence-electron chi connectivity index (χ2n) is 11.4. The van der Waals surface area contributed by atoms with Gasteiger partial charge in [0.1, 0.15) is 11.6 Å². The molecule has 1 aromatic heterocycles. The number of carboxylic acids is 1. The minimum atomic E-state index is -5.07. The van der Waals surface area contributed by atoms with Crippen LogP contribution >= 0.6 is 23.2 Å². The molecule has 226 valence electrons. The highest BCUT2D eigenvalue weighted by molar-refractivity contribution is 6.39. The molecular weight excluding hydrogens is 588 g/mol. The number of rotatable bonds is 9. The largest absolute Gasteiger partial charge is 0.481 e. The molecule has 1 aliphatic heterocycles. The van der Waals surface area contributed by atoms with E-state index >= 15 is 0 Å². The number of halogens is 5. The fourth-order valence-electron chi connectivity index (χ4n) is 5.09. The van der Waals surface area contributed by atoms with Crippen LogP contribution in [0.25, 0.3) is 0 Å². The van der Waals surface area contributed by atoms with Crippen LogP contribution in [0.3, 0.4) is 0 Å². The van der Waals surface area contributed by atoms with Crippen molar-refractivity contribution in [2.45, 2.75) is 83.2 Å². The third-order valence-corrected chi connectivity index (χ3v) is 8.40. The number of alkyl halides is 3. The summed E-state index contributed by atoms with van der Waals surface area (Å²) in [7, 11) is 0. The molecule has 14 heteroatoms. The molecule has 9 nitrogen and oxygen atoms in total. The van der Waals surface area contributed by atoms with Crippen LogP contribution in [0.2, 0.25) is 10.0 Å². The quantitative estimate of drug-likeness (QED) is 0.270. The van der Waals surface area contributed by atoms with Gasteiger partial charge in [0.05, 0.1) is 51.9 Å². The predicted molar refractivity (Wildman–Crippen MR) is 147 cm³/mol. The Bertz CT molecular complexity index is 1190. The Labute approximate surface area is 246 Å². The van der Waals surface area contributed by atoms with Gasteiger partial charge in [0.2, 0.25) is 5.91 Å². The molecule has 0 spiro atoms. The number of aliphatic carboxylic acids is 1. The van der Waals surface area contributed by atoms with Crippen LogP contribution in [0.1, 0.15) is 69.7 Å². The number of carbonyl (C=O) groups is 3. The van der Waals surface area contributed by atoms with Crippen LogP contribution < -0.4 is 0 Å². The predicted octanol–water partition coefficient (Wildman–Crippen LogP) is 5.66. The number of ketones is 1.